The third-order valence-corrected chi connectivity index (χ3v) is 1.86. The molecule has 0 saturated carbocycles. The zero-order chi connectivity index (χ0) is 10.8. The second-order valence-corrected chi connectivity index (χ2v) is 3.25. The van der Waals surface area contributed by atoms with Crippen LogP contribution in [0.25, 0.3) is 0 Å². The highest BCUT2D eigenvalue weighted by molar-refractivity contribution is 6.30. The molecule has 1 N–H and O–H groups in total. The molecular formula is C9H7ClF2O2. The van der Waals surface area contributed by atoms with Gasteiger partial charge in [0.1, 0.15) is 0 Å². The van der Waals surface area contributed by atoms with E-state index in [2.05, 4.69) is 0 Å². The lowest BCUT2D eigenvalue weighted by atomic mass is 10.1. The van der Waals surface area contributed by atoms with Crippen LogP contribution in [0.4, 0.5) is 8.78 Å². The van der Waals surface area contributed by atoms with Crippen LogP contribution in [-0.4, -0.2) is 17.0 Å². The molecule has 0 saturated heterocycles. The molecule has 1 aromatic rings. The second kappa shape index (κ2) is 3.92. The van der Waals surface area contributed by atoms with Gasteiger partial charge in [0.2, 0.25) is 0 Å². The Hall–Kier alpha value is -1.16. The fourth-order valence-corrected chi connectivity index (χ4v) is 1.19. The molecule has 2 nitrogen and oxygen atoms in total. The maximum absolute atomic E-state index is 12.7. The van der Waals surface area contributed by atoms with Crippen molar-refractivity contribution in [1.82, 2.24) is 0 Å². The van der Waals surface area contributed by atoms with Gasteiger partial charge in [-0.1, -0.05) is 23.7 Å². The van der Waals surface area contributed by atoms with Crippen molar-refractivity contribution in [3.8, 4) is 0 Å². The number of carbonyl (C=O) groups is 1. The lowest BCUT2D eigenvalue weighted by Crippen LogP contribution is -2.30. The Kier molecular flexibility index (Phi) is 3.06. The normalized spacial score (nSPS) is 11.4. The number of hydrogen-bond donors (Lipinski definition) is 1. The lowest BCUT2D eigenvalue weighted by Gasteiger charge is -2.10. The Morgan fingerprint density at radius 1 is 1.50 bits per heavy atom. The summed E-state index contributed by atoms with van der Waals surface area (Å²) in [7, 11) is 0. The molecule has 0 fully saturated rings. The first-order valence-electron chi connectivity index (χ1n) is 3.77. The number of benzene rings is 1. The van der Waals surface area contributed by atoms with E-state index in [1.807, 2.05) is 0 Å². The smallest absolute Gasteiger partial charge is 0.374 e. The molecule has 0 atom stereocenters. The average Bonchev–Trinajstić information content (AvgIpc) is 2.02. The Balaban J connectivity index is 2.83. The lowest BCUT2D eigenvalue weighted by molar-refractivity contribution is -0.164. The molecule has 0 aliphatic heterocycles. The summed E-state index contributed by atoms with van der Waals surface area (Å²) >= 11 is 5.56. The summed E-state index contributed by atoms with van der Waals surface area (Å²) in [6, 6.07) is 5.75. The maximum Gasteiger partial charge on any atom is 0.374 e. The zero-order valence-corrected chi connectivity index (χ0v) is 7.76. The molecule has 0 heterocycles. The van der Waals surface area contributed by atoms with Crippen molar-refractivity contribution in [2.45, 2.75) is 12.3 Å². The van der Waals surface area contributed by atoms with Crippen LogP contribution in [0.1, 0.15) is 5.56 Å². The summed E-state index contributed by atoms with van der Waals surface area (Å²) in [5.41, 5.74) is 0.199. The summed E-state index contributed by atoms with van der Waals surface area (Å²) in [6.45, 7) is 0. The zero-order valence-electron chi connectivity index (χ0n) is 7.01. The van der Waals surface area contributed by atoms with Crippen molar-refractivity contribution in [2.24, 2.45) is 0 Å². The first-order valence-corrected chi connectivity index (χ1v) is 4.15. The van der Waals surface area contributed by atoms with E-state index in [0.717, 1.165) is 0 Å². The number of aliphatic carboxylic acids is 1. The highest BCUT2D eigenvalue weighted by Crippen LogP contribution is 2.22. The molecule has 0 amide bonds. The predicted molar refractivity (Wildman–Crippen MR) is 47.7 cm³/mol. The SMILES string of the molecule is O=C(O)C(F)(F)Cc1cccc(Cl)c1. The fraction of sp³-hybridized carbons (Fsp3) is 0.222. The molecule has 14 heavy (non-hydrogen) atoms. The van der Waals surface area contributed by atoms with E-state index >= 15 is 0 Å². The van der Waals surface area contributed by atoms with E-state index in [4.69, 9.17) is 16.7 Å². The highest BCUT2D eigenvalue weighted by atomic mass is 35.5. The Bertz CT molecular complexity index is 352. The van der Waals surface area contributed by atoms with E-state index in [0.29, 0.717) is 5.02 Å². The third-order valence-electron chi connectivity index (χ3n) is 1.63. The number of halogens is 3. The van der Waals surface area contributed by atoms with Crippen LogP contribution >= 0.6 is 11.6 Å². The van der Waals surface area contributed by atoms with Gasteiger partial charge in [0.25, 0.3) is 0 Å². The van der Waals surface area contributed by atoms with E-state index in [-0.39, 0.29) is 5.56 Å². The number of hydrogen-bond acceptors (Lipinski definition) is 1. The molecule has 76 valence electrons. The summed E-state index contributed by atoms with van der Waals surface area (Å²) in [5, 5.41) is 8.50. The molecule has 0 unspecified atom stereocenters. The van der Waals surface area contributed by atoms with Crippen LogP contribution in [0.15, 0.2) is 24.3 Å². The minimum atomic E-state index is -3.75. The van der Waals surface area contributed by atoms with Crippen LogP contribution in [0.5, 0.6) is 0 Å². The number of carboxylic acids is 1. The minimum absolute atomic E-state index is 0.199. The van der Waals surface area contributed by atoms with Crippen molar-refractivity contribution in [3.63, 3.8) is 0 Å². The Morgan fingerprint density at radius 3 is 2.64 bits per heavy atom. The van der Waals surface area contributed by atoms with Crippen LogP contribution in [0.2, 0.25) is 5.02 Å². The van der Waals surface area contributed by atoms with Gasteiger partial charge in [-0.3, -0.25) is 0 Å². The van der Waals surface area contributed by atoms with Crippen LogP contribution in [0, 0.1) is 0 Å². The van der Waals surface area contributed by atoms with Crippen molar-refractivity contribution in [2.75, 3.05) is 0 Å². The Morgan fingerprint density at radius 2 is 2.14 bits per heavy atom. The van der Waals surface area contributed by atoms with E-state index in [1.54, 1.807) is 0 Å². The van der Waals surface area contributed by atoms with E-state index in [9.17, 15) is 13.6 Å². The molecule has 0 spiro atoms. The standard InChI is InChI=1S/C9H7ClF2O2/c10-7-3-1-2-6(4-7)5-9(11,12)8(13)14/h1-4H,5H2,(H,13,14). The minimum Gasteiger partial charge on any atom is -0.477 e. The van der Waals surface area contributed by atoms with Crippen LogP contribution in [-0.2, 0) is 11.2 Å². The molecule has 0 bridgehead atoms. The van der Waals surface area contributed by atoms with Crippen molar-refractivity contribution in [3.05, 3.63) is 34.9 Å². The van der Waals surface area contributed by atoms with Gasteiger partial charge in [-0.2, -0.15) is 8.78 Å². The average molecular weight is 221 g/mol. The van der Waals surface area contributed by atoms with Gasteiger partial charge in [-0.15, -0.1) is 0 Å². The van der Waals surface area contributed by atoms with Crippen molar-refractivity contribution < 1.29 is 18.7 Å². The fourth-order valence-electron chi connectivity index (χ4n) is 0.979. The monoisotopic (exact) mass is 220 g/mol. The number of alkyl halides is 2. The first kappa shape index (κ1) is 10.9. The molecule has 0 aliphatic rings. The molecule has 1 rings (SSSR count). The Labute approximate surface area is 84.1 Å². The van der Waals surface area contributed by atoms with Gasteiger partial charge in [-0.05, 0) is 17.7 Å². The highest BCUT2D eigenvalue weighted by Gasteiger charge is 2.38. The largest absolute Gasteiger partial charge is 0.477 e. The topological polar surface area (TPSA) is 37.3 Å². The van der Waals surface area contributed by atoms with Gasteiger partial charge in [0.05, 0.1) is 0 Å². The van der Waals surface area contributed by atoms with E-state index in [1.165, 1.54) is 24.3 Å². The first-order chi connectivity index (χ1) is 6.42. The van der Waals surface area contributed by atoms with E-state index < -0.39 is 18.3 Å². The van der Waals surface area contributed by atoms with Gasteiger partial charge in [0, 0.05) is 11.4 Å². The molecule has 0 aliphatic carbocycles. The summed E-state index contributed by atoms with van der Waals surface area (Å²) in [6.07, 6.45) is -0.844. The molecule has 0 aromatic heterocycles. The molecule has 1 aromatic carbocycles. The van der Waals surface area contributed by atoms with Gasteiger partial charge < -0.3 is 5.11 Å². The van der Waals surface area contributed by atoms with Gasteiger partial charge in [0.15, 0.2) is 0 Å². The maximum atomic E-state index is 12.7. The van der Waals surface area contributed by atoms with Crippen LogP contribution < -0.4 is 0 Å². The summed E-state index contributed by atoms with van der Waals surface area (Å²) in [5.74, 6) is -5.87. The third kappa shape index (κ3) is 2.67. The molecule has 5 heteroatoms. The number of rotatable bonds is 3. The second-order valence-electron chi connectivity index (χ2n) is 2.82. The van der Waals surface area contributed by atoms with Gasteiger partial charge in [-0.25, -0.2) is 4.79 Å². The van der Waals surface area contributed by atoms with Crippen LogP contribution in [0.3, 0.4) is 0 Å². The van der Waals surface area contributed by atoms with Crippen molar-refractivity contribution in [1.29, 1.82) is 0 Å². The molecule has 0 radical (unpaired) electrons. The molecular weight excluding hydrogens is 214 g/mol. The quantitative estimate of drug-likeness (QED) is 0.850. The summed E-state index contributed by atoms with van der Waals surface area (Å²) in [4.78, 5) is 10.1. The van der Waals surface area contributed by atoms with Crippen molar-refractivity contribution >= 4 is 17.6 Å². The summed E-state index contributed by atoms with van der Waals surface area (Å²) < 4.78 is 25.4. The number of carboxylic acid groups (broad SMARTS) is 1. The van der Waals surface area contributed by atoms with Gasteiger partial charge >= 0.3 is 11.9 Å². The predicted octanol–water partition coefficient (Wildman–Crippen LogP) is 2.60.